The molecule has 1 amide bonds. The lowest BCUT2D eigenvalue weighted by Gasteiger charge is -2.45. The van der Waals surface area contributed by atoms with Gasteiger partial charge in [0.2, 0.25) is 5.91 Å². The Bertz CT molecular complexity index is 1090. The molecular formula is C23H23Cl2N5O2. The first-order valence-corrected chi connectivity index (χ1v) is 11.1. The molecule has 0 aliphatic carbocycles. The Kier molecular flexibility index (Phi) is 6.29. The largest absolute Gasteiger partial charge is 0.381 e. The molecule has 0 bridgehead atoms. The Balaban J connectivity index is 1.60. The van der Waals surface area contributed by atoms with Gasteiger partial charge in [0.05, 0.1) is 34.3 Å². The molecule has 2 saturated heterocycles. The van der Waals surface area contributed by atoms with Gasteiger partial charge in [0.15, 0.2) is 5.96 Å². The van der Waals surface area contributed by atoms with Gasteiger partial charge in [-0.3, -0.25) is 15.1 Å². The number of benzene rings is 2. The van der Waals surface area contributed by atoms with E-state index in [2.05, 4.69) is 16.7 Å². The van der Waals surface area contributed by atoms with E-state index in [1.165, 1.54) is 0 Å². The van der Waals surface area contributed by atoms with Crippen molar-refractivity contribution in [2.24, 2.45) is 0 Å². The van der Waals surface area contributed by atoms with E-state index in [1.54, 1.807) is 23.1 Å². The molecule has 2 fully saturated rings. The van der Waals surface area contributed by atoms with Crippen molar-refractivity contribution in [3.05, 3.63) is 57.6 Å². The highest BCUT2D eigenvalue weighted by molar-refractivity contribution is 6.34. The first-order chi connectivity index (χ1) is 15.3. The maximum absolute atomic E-state index is 13.1. The van der Waals surface area contributed by atoms with E-state index in [1.807, 2.05) is 25.1 Å². The molecule has 2 aromatic carbocycles. The van der Waals surface area contributed by atoms with Crippen molar-refractivity contribution in [3.63, 3.8) is 0 Å². The summed E-state index contributed by atoms with van der Waals surface area (Å²) in [7, 11) is 0. The number of nitrogens with zero attached hydrogens (tertiary/aromatic N) is 2. The van der Waals surface area contributed by atoms with Gasteiger partial charge >= 0.3 is 0 Å². The number of hydrogen-bond donors (Lipinski definition) is 3. The zero-order chi connectivity index (χ0) is 22.9. The van der Waals surface area contributed by atoms with E-state index in [4.69, 9.17) is 33.3 Å². The molecule has 32 heavy (non-hydrogen) atoms. The Morgan fingerprint density at radius 2 is 2.03 bits per heavy atom. The average Bonchev–Trinajstić information content (AvgIpc) is 2.75. The lowest BCUT2D eigenvalue weighted by molar-refractivity contribution is -0.133. The van der Waals surface area contributed by atoms with Gasteiger partial charge in [-0.05, 0) is 49.6 Å². The lowest BCUT2D eigenvalue weighted by atomic mass is 9.85. The first kappa shape index (κ1) is 22.4. The van der Waals surface area contributed by atoms with Crippen molar-refractivity contribution in [2.75, 3.05) is 18.5 Å². The van der Waals surface area contributed by atoms with E-state index < -0.39 is 5.54 Å². The smallest absolute Gasteiger partial charge is 0.232 e. The second-order valence-electron chi connectivity index (χ2n) is 8.22. The zero-order valence-corrected chi connectivity index (χ0v) is 19.1. The topological polar surface area (TPSA) is 101 Å². The molecule has 166 valence electrons. The van der Waals surface area contributed by atoms with E-state index in [0.29, 0.717) is 45.8 Å². The minimum Gasteiger partial charge on any atom is -0.381 e. The van der Waals surface area contributed by atoms with Crippen LogP contribution in [-0.4, -0.2) is 36.0 Å². The third-order valence-corrected chi connectivity index (χ3v) is 6.49. The van der Waals surface area contributed by atoms with Crippen molar-refractivity contribution >= 4 is 46.4 Å². The predicted octanol–water partition coefficient (Wildman–Crippen LogP) is 4.76. The third kappa shape index (κ3) is 4.40. The van der Waals surface area contributed by atoms with Crippen LogP contribution in [0.15, 0.2) is 36.4 Å². The summed E-state index contributed by atoms with van der Waals surface area (Å²) in [5.74, 6) is -0.0235. The summed E-state index contributed by atoms with van der Waals surface area (Å²) in [6.07, 6.45) is 1.61. The summed E-state index contributed by atoms with van der Waals surface area (Å²) in [6.45, 7) is 3.06. The Labute approximate surface area is 196 Å². The van der Waals surface area contributed by atoms with Crippen LogP contribution < -0.4 is 10.6 Å². The number of ether oxygens (including phenoxy) is 1. The molecule has 2 aliphatic rings. The van der Waals surface area contributed by atoms with Crippen LogP contribution >= 0.6 is 23.2 Å². The number of guanidine groups is 1. The van der Waals surface area contributed by atoms with Crippen LogP contribution in [0.3, 0.4) is 0 Å². The van der Waals surface area contributed by atoms with Crippen molar-refractivity contribution < 1.29 is 9.53 Å². The number of hydrogen-bond acceptors (Lipinski definition) is 5. The van der Waals surface area contributed by atoms with Crippen molar-refractivity contribution in [1.29, 1.82) is 10.7 Å². The lowest BCUT2D eigenvalue weighted by Crippen LogP contribution is -2.62. The van der Waals surface area contributed by atoms with Crippen LogP contribution in [0.2, 0.25) is 10.0 Å². The molecule has 2 aliphatic heterocycles. The van der Waals surface area contributed by atoms with Crippen LogP contribution in [-0.2, 0) is 15.1 Å². The molecule has 0 aromatic heterocycles. The highest BCUT2D eigenvalue weighted by Crippen LogP contribution is 2.39. The predicted molar refractivity (Wildman–Crippen MR) is 124 cm³/mol. The fraction of sp³-hybridized carbons (Fsp3) is 0.348. The first-order valence-electron chi connectivity index (χ1n) is 10.3. The van der Waals surface area contributed by atoms with Gasteiger partial charge in [-0.25, -0.2) is 0 Å². The number of rotatable bonds is 4. The molecule has 2 aromatic rings. The number of amides is 1. The van der Waals surface area contributed by atoms with Crippen LogP contribution in [0, 0.1) is 16.7 Å². The quantitative estimate of drug-likeness (QED) is 0.596. The summed E-state index contributed by atoms with van der Waals surface area (Å²) in [6, 6.07) is 12.5. The Morgan fingerprint density at radius 3 is 2.72 bits per heavy atom. The highest BCUT2D eigenvalue weighted by Gasteiger charge is 2.43. The number of nitrogens with one attached hydrogen (secondary N) is 3. The van der Waals surface area contributed by atoms with Crippen molar-refractivity contribution in [2.45, 2.75) is 37.8 Å². The van der Waals surface area contributed by atoms with Crippen molar-refractivity contribution in [3.8, 4) is 6.07 Å². The minimum absolute atomic E-state index is 0.0265. The Morgan fingerprint density at radius 1 is 1.28 bits per heavy atom. The van der Waals surface area contributed by atoms with E-state index in [9.17, 15) is 10.1 Å². The number of nitriles is 1. The third-order valence-electron chi connectivity index (χ3n) is 5.86. The molecule has 0 radical (unpaired) electrons. The highest BCUT2D eigenvalue weighted by atomic mass is 35.5. The molecule has 0 unspecified atom stereocenters. The average molecular weight is 472 g/mol. The minimum atomic E-state index is -0.837. The summed E-state index contributed by atoms with van der Waals surface area (Å²) in [5.41, 5.74) is 1.54. The summed E-state index contributed by atoms with van der Waals surface area (Å²) in [4.78, 5) is 14.6. The van der Waals surface area contributed by atoms with E-state index in [-0.39, 0.29) is 24.3 Å². The standard InChI is InChI=1S/C23H23Cl2N5O2/c1-23(12-20(31)30(22(27)29-23)17-5-7-32-8-6-17)18-3-2-4-19(21(18)25)28-16-10-14(13-26)9-15(24)11-16/h2-4,9-11,17,28H,5-8,12H2,1H3,(H2,27,29)/t23-/m0/s1. The molecule has 0 saturated carbocycles. The second kappa shape index (κ2) is 8.99. The number of carbonyl (C=O) groups excluding carboxylic acids is 1. The van der Waals surface area contributed by atoms with Gasteiger partial charge in [0, 0.05) is 30.0 Å². The van der Waals surface area contributed by atoms with E-state index in [0.717, 1.165) is 12.8 Å². The second-order valence-corrected chi connectivity index (χ2v) is 9.04. The van der Waals surface area contributed by atoms with Gasteiger partial charge < -0.3 is 15.4 Å². The van der Waals surface area contributed by atoms with Crippen LogP contribution in [0.1, 0.15) is 37.3 Å². The van der Waals surface area contributed by atoms with Gasteiger partial charge in [-0.2, -0.15) is 5.26 Å². The number of halogens is 2. The van der Waals surface area contributed by atoms with Crippen LogP contribution in [0.25, 0.3) is 0 Å². The molecule has 2 heterocycles. The van der Waals surface area contributed by atoms with Gasteiger partial charge in [0.25, 0.3) is 0 Å². The molecular weight excluding hydrogens is 449 g/mol. The SMILES string of the molecule is C[C@@]1(c2cccc(Nc3cc(Cl)cc(C#N)c3)c2Cl)CC(=O)N(C2CCOCC2)C(=N)N1. The zero-order valence-electron chi connectivity index (χ0n) is 17.5. The van der Waals surface area contributed by atoms with Crippen LogP contribution in [0.4, 0.5) is 11.4 Å². The molecule has 9 heteroatoms. The number of anilines is 2. The van der Waals surface area contributed by atoms with E-state index >= 15 is 0 Å². The van der Waals surface area contributed by atoms with Gasteiger partial charge in [-0.1, -0.05) is 35.3 Å². The van der Waals surface area contributed by atoms with Gasteiger partial charge in [-0.15, -0.1) is 0 Å². The summed E-state index contributed by atoms with van der Waals surface area (Å²) >= 11 is 12.9. The fourth-order valence-corrected chi connectivity index (χ4v) is 4.92. The summed E-state index contributed by atoms with van der Waals surface area (Å²) in [5, 5.41) is 25.0. The van der Waals surface area contributed by atoms with Gasteiger partial charge in [0.1, 0.15) is 0 Å². The molecule has 7 nitrogen and oxygen atoms in total. The summed E-state index contributed by atoms with van der Waals surface area (Å²) < 4.78 is 5.39. The maximum Gasteiger partial charge on any atom is 0.232 e. The number of carbonyl (C=O) groups is 1. The molecule has 0 spiro atoms. The maximum atomic E-state index is 13.1. The monoisotopic (exact) mass is 471 g/mol. The normalized spacial score (nSPS) is 21.8. The van der Waals surface area contributed by atoms with Crippen LogP contribution in [0.5, 0.6) is 0 Å². The molecule has 1 atom stereocenters. The van der Waals surface area contributed by atoms with Crippen molar-refractivity contribution in [1.82, 2.24) is 10.2 Å². The molecule has 4 rings (SSSR count). The Hall–Kier alpha value is -2.79. The fourth-order valence-electron chi connectivity index (χ4n) is 4.31. The molecule has 3 N–H and O–H groups in total.